The predicted molar refractivity (Wildman–Crippen MR) is 90.3 cm³/mol. The van der Waals surface area contributed by atoms with E-state index in [4.69, 9.17) is 0 Å². The third-order valence-electron chi connectivity index (χ3n) is 4.74. The van der Waals surface area contributed by atoms with E-state index in [1.54, 1.807) is 4.90 Å². The summed E-state index contributed by atoms with van der Waals surface area (Å²) in [5.74, 6) is 1.42. The van der Waals surface area contributed by atoms with Gasteiger partial charge in [-0.3, -0.25) is 4.79 Å². The van der Waals surface area contributed by atoms with Gasteiger partial charge in [0.25, 0.3) is 0 Å². The molecule has 0 aromatic carbocycles. The van der Waals surface area contributed by atoms with Crippen LogP contribution < -0.4 is 5.32 Å². The van der Waals surface area contributed by atoms with Gasteiger partial charge < -0.3 is 10.2 Å². The SMILES string of the molecule is CC(C)CC(NC1CCCCC1C(C)(C)C)C(=O)N(C)C. The largest absolute Gasteiger partial charge is 0.347 e. The van der Waals surface area contributed by atoms with Crippen molar-refractivity contribution in [2.75, 3.05) is 14.1 Å². The van der Waals surface area contributed by atoms with Gasteiger partial charge in [0.2, 0.25) is 5.91 Å². The molecule has 3 unspecified atom stereocenters. The third kappa shape index (κ3) is 5.61. The summed E-state index contributed by atoms with van der Waals surface area (Å²) in [5, 5.41) is 3.73. The zero-order chi connectivity index (χ0) is 16.2. The highest BCUT2D eigenvalue weighted by Crippen LogP contribution is 2.38. The van der Waals surface area contributed by atoms with Crippen molar-refractivity contribution in [3.63, 3.8) is 0 Å². The van der Waals surface area contributed by atoms with E-state index in [-0.39, 0.29) is 11.9 Å². The molecule has 3 nitrogen and oxygen atoms in total. The van der Waals surface area contributed by atoms with Gasteiger partial charge in [-0.05, 0) is 36.5 Å². The van der Waals surface area contributed by atoms with Crippen LogP contribution in [0.1, 0.15) is 66.7 Å². The first kappa shape index (κ1) is 18.5. The molecule has 1 amide bonds. The number of amides is 1. The second-order valence-electron chi connectivity index (χ2n) is 8.44. The average molecular weight is 296 g/mol. The Morgan fingerprint density at radius 2 is 1.76 bits per heavy atom. The minimum atomic E-state index is -0.0343. The van der Waals surface area contributed by atoms with Gasteiger partial charge in [0.05, 0.1) is 6.04 Å². The number of carbonyl (C=O) groups is 1. The van der Waals surface area contributed by atoms with Gasteiger partial charge in [0.1, 0.15) is 0 Å². The maximum atomic E-state index is 12.5. The second-order valence-corrected chi connectivity index (χ2v) is 8.44. The van der Waals surface area contributed by atoms with Crippen LogP contribution in [-0.4, -0.2) is 37.0 Å². The lowest BCUT2D eigenvalue weighted by molar-refractivity contribution is -0.131. The first-order valence-electron chi connectivity index (χ1n) is 8.60. The molecule has 124 valence electrons. The number of hydrogen-bond acceptors (Lipinski definition) is 2. The monoisotopic (exact) mass is 296 g/mol. The molecule has 1 aliphatic carbocycles. The second kappa shape index (κ2) is 7.62. The van der Waals surface area contributed by atoms with E-state index in [1.165, 1.54) is 25.7 Å². The van der Waals surface area contributed by atoms with Crippen molar-refractivity contribution in [2.24, 2.45) is 17.3 Å². The van der Waals surface area contributed by atoms with Crippen LogP contribution in [0.15, 0.2) is 0 Å². The predicted octanol–water partition coefficient (Wildman–Crippen LogP) is 3.68. The molecule has 1 rings (SSSR count). The number of hydrogen-bond donors (Lipinski definition) is 1. The average Bonchev–Trinajstić information content (AvgIpc) is 2.35. The molecule has 0 heterocycles. The zero-order valence-electron chi connectivity index (χ0n) is 15.2. The molecule has 1 fully saturated rings. The van der Waals surface area contributed by atoms with Gasteiger partial charge in [-0.1, -0.05) is 47.5 Å². The van der Waals surface area contributed by atoms with Crippen molar-refractivity contribution in [3.8, 4) is 0 Å². The molecule has 0 spiro atoms. The van der Waals surface area contributed by atoms with Crippen LogP contribution in [0.3, 0.4) is 0 Å². The van der Waals surface area contributed by atoms with E-state index >= 15 is 0 Å². The van der Waals surface area contributed by atoms with Crippen LogP contribution in [0, 0.1) is 17.3 Å². The van der Waals surface area contributed by atoms with Gasteiger partial charge in [-0.15, -0.1) is 0 Å². The van der Waals surface area contributed by atoms with Crippen LogP contribution >= 0.6 is 0 Å². The molecule has 0 radical (unpaired) electrons. The topological polar surface area (TPSA) is 32.3 Å². The van der Waals surface area contributed by atoms with E-state index < -0.39 is 0 Å². The summed E-state index contributed by atoms with van der Waals surface area (Å²) in [6.45, 7) is 11.4. The maximum absolute atomic E-state index is 12.5. The molecule has 1 aliphatic rings. The maximum Gasteiger partial charge on any atom is 0.239 e. The van der Waals surface area contributed by atoms with Crippen LogP contribution in [0.5, 0.6) is 0 Å². The summed E-state index contributed by atoms with van der Waals surface area (Å²) in [6.07, 6.45) is 6.03. The minimum Gasteiger partial charge on any atom is -0.347 e. The van der Waals surface area contributed by atoms with E-state index in [0.717, 1.165) is 6.42 Å². The molecule has 1 N–H and O–H groups in total. The Kier molecular flexibility index (Phi) is 6.71. The first-order chi connectivity index (χ1) is 9.62. The quantitative estimate of drug-likeness (QED) is 0.839. The fourth-order valence-electron chi connectivity index (χ4n) is 3.65. The first-order valence-corrected chi connectivity index (χ1v) is 8.60. The van der Waals surface area contributed by atoms with Crippen molar-refractivity contribution in [2.45, 2.75) is 78.8 Å². The normalized spacial score (nSPS) is 25.0. The van der Waals surface area contributed by atoms with Crippen LogP contribution in [0.2, 0.25) is 0 Å². The summed E-state index contributed by atoms with van der Waals surface area (Å²) in [6, 6.07) is 0.444. The molecule has 0 bridgehead atoms. The Bertz CT molecular complexity index is 331. The molecule has 3 atom stereocenters. The molecule has 0 aliphatic heterocycles. The van der Waals surface area contributed by atoms with E-state index in [2.05, 4.69) is 39.9 Å². The minimum absolute atomic E-state index is 0.0343. The number of nitrogens with zero attached hydrogens (tertiary/aromatic N) is 1. The van der Waals surface area contributed by atoms with E-state index in [0.29, 0.717) is 23.3 Å². The van der Waals surface area contributed by atoms with E-state index in [9.17, 15) is 4.79 Å². The van der Waals surface area contributed by atoms with Gasteiger partial charge in [-0.25, -0.2) is 0 Å². The number of carbonyl (C=O) groups excluding carboxylic acids is 1. The molecule has 0 aromatic heterocycles. The summed E-state index contributed by atoms with van der Waals surface area (Å²) in [4.78, 5) is 14.2. The molecular formula is C18H36N2O. The van der Waals surface area contributed by atoms with Crippen LogP contribution in [0.4, 0.5) is 0 Å². The smallest absolute Gasteiger partial charge is 0.239 e. The third-order valence-corrected chi connectivity index (χ3v) is 4.74. The van der Waals surface area contributed by atoms with Crippen molar-refractivity contribution in [1.82, 2.24) is 10.2 Å². The lowest BCUT2D eigenvalue weighted by atomic mass is 9.69. The Morgan fingerprint density at radius 3 is 2.24 bits per heavy atom. The standard InChI is InChI=1S/C18H36N2O/c1-13(2)12-16(17(21)20(6)7)19-15-11-9-8-10-14(15)18(3,4)5/h13-16,19H,8-12H2,1-7H3. The summed E-state index contributed by atoms with van der Waals surface area (Å²) >= 11 is 0. The van der Waals surface area contributed by atoms with E-state index in [1.807, 2.05) is 14.1 Å². The Morgan fingerprint density at radius 1 is 1.19 bits per heavy atom. The number of nitrogens with one attached hydrogen (secondary N) is 1. The van der Waals surface area contributed by atoms with Crippen molar-refractivity contribution >= 4 is 5.91 Å². The highest BCUT2D eigenvalue weighted by atomic mass is 16.2. The lowest BCUT2D eigenvalue weighted by Crippen LogP contribution is -2.53. The highest BCUT2D eigenvalue weighted by molar-refractivity contribution is 5.81. The molecule has 1 saturated carbocycles. The lowest BCUT2D eigenvalue weighted by Gasteiger charge is -2.42. The Hall–Kier alpha value is -0.570. The Balaban J connectivity index is 2.81. The van der Waals surface area contributed by atoms with Gasteiger partial charge in [0, 0.05) is 20.1 Å². The molecule has 0 aromatic rings. The van der Waals surface area contributed by atoms with Gasteiger partial charge in [0.15, 0.2) is 0 Å². The number of likely N-dealkylation sites (N-methyl/N-ethyl adjacent to an activating group) is 1. The summed E-state index contributed by atoms with van der Waals surface area (Å²) < 4.78 is 0. The highest BCUT2D eigenvalue weighted by Gasteiger charge is 2.36. The molecule has 3 heteroatoms. The van der Waals surface area contributed by atoms with Gasteiger partial charge in [-0.2, -0.15) is 0 Å². The fraction of sp³-hybridized carbons (Fsp3) is 0.944. The van der Waals surface area contributed by atoms with Crippen LogP contribution in [-0.2, 0) is 4.79 Å². The van der Waals surface area contributed by atoms with Gasteiger partial charge >= 0.3 is 0 Å². The summed E-state index contributed by atoms with van der Waals surface area (Å²) in [7, 11) is 3.72. The van der Waals surface area contributed by atoms with Crippen molar-refractivity contribution in [3.05, 3.63) is 0 Å². The Labute approximate surface area is 131 Å². The molecule has 21 heavy (non-hydrogen) atoms. The molecule has 0 saturated heterocycles. The zero-order valence-corrected chi connectivity index (χ0v) is 15.2. The van der Waals surface area contributed by atoms with Crippen LogP contribution in [0.25, 0.3) is 0 Å². The van der Waals surface area contributed by atoms with Crippen molar-refractivity contribution < 1.29 is 4.79 Å². The number of rotatable bonds is 5. The molecular weight excluding hydrogens is 260 g/mol. The summed E-state index contributed by atoms with van der Waals surface area (Å²) in [5.41, 5.74) is 0.307. The fourth-order valence-corrected chi connectivity index (χ4v) is 3.65. The van der Waals surface area contributed by atoms with Crippen molar-refractivity contribution in [1.29, 1.82) is 0 Å².